The van der Waals surface area contributed by atoms with Gasteiger partial charge in [-0.2, -0.15) is 15.4 Å². The second kappa shape index (κ2) is 7.45. The van der Waals surface area contributed by atoms with Gasteiger partial charge in [-0.15, -0.1) is 0 Å². The second-order valence-corrected chi connectivity index (χ2v) is 7.37. The molecule has 7 heteroatoms. The summed E-state index contributed by atoms with van der Waals surface area (Å²) in [6.45, 7) is 3.80. The van der Waals surface area contributed by atoms with Crippen LogP contribution in [0.25, 0.3) is 0 Å². The lowest BCUT2D eigenvalue weighted by atomic mass is 9.91. The molecule has 0 bridgehead atoms. The summed E-state index contributed by atoms with van der Waals surface area (Å²) >= 11 is 0. The lowest BCUT2D eigenvalue weighted by Crippen LogP contribution is -2.44. The highest BCUT2D eigenvalue weighted by Crippen LogP contribution is 2.36. The Bertz CT molecular complexity index is 713. The van der Waals surface area contributed by atoms with E-state index >= 15 is 0 Å². The third-order valence-corrected chi connectivity index (χ3v) is 5.82. The van der Waals surface area contributed by atoms with Gasteiger partial charge in [-0.3, -0.25) is 9.69 Å². The lowest BCUT2D eigenvalue weighted by molar-refractivity contribution is -0.138. The number of carboxylic acid groups (broad SMARTS) is 1. The van der Waals surface area contributed by atoms with Crippen LogP contribution in [0, 0.1) is 5.92 Å². The van der Waals surface area contributed by atoms with Crippen molar-refractivity contribution in [3.8, 4) is 0 Å². The SMILES string of the molecule is O=C(O)C[C@H]1CN(C2CCN(c3ccccc3)CC2)C[C@H]1c1cn[nH]n1. The first kappa shape index (κ1) is 17.0. The van der Waals surface area contributed by atoms with E-state index in [4.69, 9.17) is 0 Å². The maximum absolute atomic E-state index is 11.3. The van der Waals surface area contributed by atoms with Crippen LogP contribution >= 0.6 is 0 Å². The molecule has 2 saturated heterocycles. The highest BCUT2D eigenvalue weighted by Gasteiger charge is 2.39. The lowest BCUT2D eigenvalue weighted by Gasteiger charge is -2.38. The molecule has 4 rings (SSSR count). The number of nitrogens with one attached hydrogen (secondary N) is 1. The molecule has 2 fully saturated rings. The number of hydrogen-bond acceptors (Lipinski definition) is 5. The van der Waals surface area contributed by atoms with Gasteiger partial charge >= 0.3 is 5.97 Å². The summed E-state index contributed by atoms with van der Waals surface area (Å²) in [6, 6.07) is 11.1. The van der Waals surface area contributed by atoms with Gasteiger partial charge in [0, 0.05) is 43.8 Å². The first-order valence-corrected chi connectivity index (χ1v) is 9.32. The standard InChI is InChI=1S/C19H25N5O2/c25-19(26)10-14-12-24(13-17(14)18-11-20-22-21-18)16-6-8-23(9-7-16)15-4-2-1-3-5-15/h1-5,11,14,16-17H,6-10,12-13H2,(H,25,26)(H,20,21,22)/t14-,17+/m0/s1. The Morgan fingerprint density at radius 1 is 1.19 bits per heavy atom. The van der Waals surface area contributed by atoms with Crippen LogP contribution in [0.2, 0.25) is 0 Å². The molecule has 2 atom stereocenters. The smallest absolute Gasteiger partial charge is 0.303 e. The fraction of sp³-hybridized carbons (Fsp3) is 0.526. The van der Waals surface area contributed by atoms with Crippen molar-refractivity contribution >= 4 is 11.7 Å². The summed E-state index contributed by atoms with van der Waals surface area (Å²) in [5.74, 6) is -0.481. The van der Waals surface area contributed by atoms with Gasteiger partial charge in [0.2, 0.25) is 0 Å². The van der Waals surface area contributed by atoms with Crippen molar-refractivity contribution in [3.05, 3.63) is 42.2 Å². The van der Waals surface area contributed by atoms with E-state index < -0.39 is 5.97 Å². The predicted molar refractivity (Wildman–Crippen MR) is 98.1 cm³/mol. The highest BCUT2D eigenvalue weighted by atomic mass is 16.4. The molecular weight excluding hydrogens is 330 g/mol. The van der Waals surface area contributed by atoms with Crippen LogP contribution in [0.4, 0.5) is 5.69 Å². The third-order valence-electron chi connectivity index (χ3n) is 5.82. The Morgan fingerprint density at radius 3 is 2.62 bits per heavy atom. The minimum Gasteiger partial charge on any atom is -0.481 e. The molecule has 7 nitrogen and oxygen atoms in total. The second-order valence-electron chi connectivity index (χ2n) is 7.37. The van der Waals surface area contributed by atoms with Crippen LogP contribution in [-0.2, 0) is 4.79 Å². The van der Waals surface area contributed by atoms with E-state index in [2.05, 4.69) is 49.5 Å². The normalized spacial score (nSPS) is 24.8. The summed E-state index contributed by atoms with van der Waals surface area (Å²) < 4.78 is 0. The van der Waals surface area contributed by atoms with Gasteiger partial charge in [0.1, 0.15) is 0 Å². The van der Waals surface area contributed by atoms with E-state index in [1.165, 1.54) is 5.69 Å². The molecule has 2 N–H and O–H groups in total. The number of anilines is 1. The van der Waals surface area contributed by atoms with Gasteiger partial charge in [0.05, 0.1) is 18.3 Å². The van der Waals surface area contributed by atoms with Crippen molar-refractivity contribution < 1.29 is 9.90 Å². The van der Waals surface area contributed by atoms with Crippen molar-refractivity contribution in [2.24, 2.45) is 5.92 Å². The summed E-state index contributed by atoms with van der Waals surface area (Å²) in [5, 5.41) is 20.1. The van der Waals surface area contributed by atoms with Crippen molar-refractivity contribution in [1.29, 1.82) is 0 Å². The number of rotatable bonds is 5. The van der Waals surface area contributed by atoms with Crippen molar-refractivity contribution in [2.75, 3.05) is 31.1 Å². The van der Waals surface area contributed by atoms with Crippen molar-refractivity contribution in [3.63, 3.8) is 0 Å². The van der Waals surface area contributed by atoms with Gasteiger partial charge < -0.3 is 10.0 Å². The fourth-order valence-electron chi connectivity index (χ4n) is 4.49. The van der Waals surface area contributed by atoms with Gasteiger partial charge in [-0.1, -0.05) is 18.2 Å². The number of benzene rings is 1. The molecule has 2 aromatic rings. The molecule has 0 saturated carbocycles. The van der Waals surface area contributed by atoms with E-state index in [0.29, 0.717) is 6.04 Å². The predicted octanol–water partition coefficient (Wildman–Crippen LogP) is 1.96. The van der Waals surface area contributed by atoms with Gasteiger partial charge in [0.15, 0.2) is 0 Å². The summed E-state index contributed by atoms with van der Waals surface area (Å²) in [7, 11) is 0. The van der Waals surface area contributed by atoms with Crippen molar-refractivity contribution in [1.82, 2.24) is 20.3 Å². The number of aromatic nitrogens is 3. The van der Waals surface area contributed by atoms with Crippen LogP contribution in [0.15, 0.2) is 36.5 Å². The fourth-order valence-corrected chi connectivity index (χ4v) is 4.49. The molecule has 1 aromatic heterocycles. The average molecular weight is 355 g/mol. The molecule has 0 amide bonds. The Labute approximate surface area is 153 Å². The number of carboxylic acids is 1. The number of H-pyrrole nitrogens is 1. The van der Waals surface area contributed by atoms with Gasteiger partial charge in [-0.25, -0.2) is 0 Å². The summed E-state index contributed by atoms with van der Waals surface area (Å²) in [6.07, 6.45) is 4.15. The molecule has 2 aliphatic rings. The summed E-state index contributed by atoms with van der Waals surface area (Å²) in [5.41, 5.74) is 2.18. The zero-order chi connectivity index (χ0) is 17.9. The van der Waals surface area contributed by atoms with E-state index in [-0.39, 0.29) is 18.3 Å². The zero-order valence-electron chi connectivity index (χ0n) is 14.8. The molecule has 26 heavy (non-hydrogen) atoms. The maximum Gasteiger partial charge on any atom is 0.303 e. The number of carbonyl (C=O) groups is 1. The molecule has 0 radical (unpaired) electrons. The number of aliphatic carboxylic acids is 1. The van der Waals surface area contributed by atoms with Crippen LogP contribution < -0.4 is 4.90 Å². The molecule has 1 aromatic carbocycles. The number of piperidine rings is 1. The topological polar surface area (TPSA) is 85.4 Å². The van der Waals surface area contributed by atoms with Gasteiger partial charge in [0.25, 0.3) is 0 Å². The molecule has 3 heterocycles. The Kier molecular flexibility index (Phi) is 4.88. The van der Waals surface area contributed by atoms with E-state index in [9.17, 15) is 9.90 Å². The number of nitrogens with zero attached hydrogens (tertiary/aromatic N) is 4. The molecule has 0 unspecified atom stereocenters. The Balaban J connectivity index is 1.40. The number of para-hydroxylation sites is 1. The monoisotopic (exact) mass is 355 g/mol. The minimum absolute atomic E-state index is 0.102. The minimum atomic E-state index is -0.732. The molecule has 2 aliphatic heterocycles. The van der Waals surface area contributed by atoms with Crippen LogP contribution in [0.5, 0.6) is 0 Å². The Hall–Kier alpha value is -2.41. The highest BCUT2D eigenvalue weighted by molar-refractivity contribution is 5.67. The molecule has 138 valence electrons. The van der Waals surface area contributed by atoms with Crippen LogP contribution in [0.1, 0.15) is 30.9 Å². The van der Waals surface area contributed by atoms with Gasteiger partial charge in [-0.05, 0) is 30.9 Å². The largest absolute Gasteiger partial charge is 0.481 e. The Morgan fingerprint density at radius 2 is 1.96 bits per heavy atom. The first-order valence-electron chi connectivity index (χ1n) is 9.32. The first-order chi connectivity index (χ1) is 12.7. The number of likely N-dealkylation sites (tertiary alicyclic amines) is 1. The van der Waals surface area contributed by atoms with E-state index in [0.717, 1.165) is 44.7 Å². The quantitative estimate of drug-likeness (QED) is 0.853. The van der Waals surface area contributed by atoms with E-state index in [1.807, 2.05) is 6.07 Å². The molecule has 0 aliphatic carbocycles. The average Bonchev–Trinajstić information content (AvgIpc) is 3.32. The van der Waals surface area contributed by atoms with Crippen LogP contribution in [-0.4, -0.2) is 63.6 Å². The van der Waals surface area contributed by atoms with E-state index in [1.54, 1.807) is 6.20 Å². The molecular formula is C19H25N5O2. The van der Waals surface area contributed by atoms with Crippen molar-refractivity contribution in [2.45, 2.75) is 31.2 Å². The van der Waals surface area contributed by atoms with Crippen LogP contribution in [0.3, 0.4) is 0 Å². The number of aromatic amines is 1. The maximum atomic E-state index is 11.3. The third kappa shape index (κ3) is 3.58. The zero-order valence-corrected chi connectivity index (χ0v) is 14.8. The number of hydrogen-bond donors (Lipinski definition) is 2. The summed E-state index contributed by atoms with van der Waals surface area (Å²) in [4.78, 5) is 16.2. The molecule has 0 spiro atoms.